The normalized spacial score (nSPS) is 38.5. The Labute approximate surface area is 112 Å². The lowest BCUT2D eigenvalue weighted by atomic mass is 9.84. The Kier molecular flexibility index (Phi) is 6.13. The molecule has 7 heteroatoms. The Balaban J connectivity index is 2.55. The molecule has 1 saturated heterocycles. The predicted molar refractivity (Wildman–Crippen MR) is 65.0 cm³/mol. The Morgan fingerprint density at radius 1 is 1.16 bits per heavy atom. The van der Waals surface area contributed by atoms with Crippen molar-refractivity contribution in [1.29, 1.82) is 0 Å². The van der Waals surface area contributed by atoms with Gasteiger partial charge in [0.2, 0.25) is 0 Å². The molecule has 19 heavy (non-hydrogen) atoms. The maximum atomic E-state index is 10.0. The van der Waals surface area contributed by atoms with Gasteiger partial charge in [0.25, 0.3) is 0 Å². The minimum atomic E-state index is -1.34. The highest BCUT2D eigenvalue weighted by atomic mass is 16.6. The molecule has 0 unspecified atom stereocenters. The van der Waals surface area contributed by atoms with E-state index in [2.05, 4.69) is 0 Å². The molecule has 1 aliphatic rings. The average Bonchev–Trinajstić information content (AvgIpc) is 2.32. The van der Waals surface area contributed by atoms with Crippen molar-refractivity contribution in [1.82, 2.24) is 0 Å². The second-order valence-corrected chi connectivity index (χ2v) is 5.30. The van der Waals surface area contributed by atoms with E-state index < -0.39 is 48.8 Å². The van der Waals surface area contributed by atoms with Crippen LogP contribution in [0, 0.1) is 5.92 Å². The van der Waals surface area contributed by atoms with Crippen LogP contribution in [0.15, 0.2) is 0 Å². The Hall–Kier alpha value is -0.280. The molecule has 6 N–H and O–H groups in total. The smallest absolute Gasteiger partial charge is 0.181 e. The van der Waals surface area contributed by atoms with Gasteiger partial charge in [0.05, 0.1) is 24.4 Å². The molecule has 0 aliphatic carbocycles. The number of ether oxygens (including phenoxy) is 1. The summed E-state index contributed by atoms with van der Waals surface area (Å²) in [6.45, 7) is 2.99. The van der Waals surface area contributed by atoms with Gasteiger partial charge in [-0.25, -0.2) is 0 Å². The van der Waals surface area contributed by atoms with Crippen molar-refractivity contribution in [3.05, 3.63) is 0 Å². The topological polar surface area (TPSA) is 131 Å². The largest absolute Gasteiger partial charge is 0.393 e. The summed E-state index contributed by atoms with van der Waals surface area (Å²) >= 11 is 0. The lowest BCUT2D eigenvalue weighted by molar-refractivity contribution is -0.240. The molecule has 0 aromatic rings. The van der Waals surface area contributed by atoms with E-state index in [9.17, 15) is 25.5 Å². The van der Waals surface area contributed by atoms with Crippen molar-refractivity contribution in [2.75, 3.05) is 0 Å². The van der Waals surface area contributed by atoms with Crippen LogP contribution in [0.4, 0.5) is 0 Å². The minimum absolute atomic E-state index is 0.140. The van der Waals surface area contributed by atoms with E-state index in [1.54, 1.807) is 6.92 Å². The van der Waals surface area contributed by atoms with Crippen LogP contribution in [0.25, 0.3) is 0 Å². The van der Waals surface area contributed by atoms with E-state index in [1.807, 2.05) is 0 Å². The summed E-state index contributed by atoms with van der Waals surface area (Å²) in [4.78, 5) is 0. The van der Waals surface area contributed by atoms with Crippen LogP contribution in [0.2, 0.25) is 0 Å². The summed E-state index contributed by atoms with van der Waals surface area (Å²) in [5.74, 6) is -0.464. The number of aliphatic hydroxyl groups is 6. The molecule has 8 atom stereocenters. The minimum Gasteiger partial charge on any atom is -0.393 e. The van der Waals surface area contributed by atoms with Crippen LogP contribution in [0.1, 0.15) is 26.7 Å². The second kappa shape index (κ2) is 6.94. The van der Waals surface area contributed by atoms with E-state index >= 15 is 0 Å². The van der Waals surface area contributed by atoms with Gasteiger partial charge in [-0.1, -0.05) is 0 Å². The second-order valence-electron chi connectivity index (χ2n) is 5.30. The number of hydrogen-bond donors (Lipinski definition) is 6. The van der Waals surface area contributed by atoms with Crippen LogP contribution in [0.5, 0.6) is 0 Å². The van der Waals surface area contributed by atoms with Gasteiger partial charge < -0.3 is 35.4 Å². The molecule has 1 rings (SSSR count). The molecule has 0 saturated carbocycles. The molecule has 114 valence electrons. The van der Waals surface area contributed by atoms with Gasteiger partial charge in [0.15, 0.2) is 6.29 Å². The van der Waals surface area contributed by atoms with Crippen LogP contribution in [-0.2, 0) is 4.74 Å². The summed E-state index contributed by atoms with van der Waals surface area (Å²) in [7, 11) is 0. The summed E-state index contributed by atoms with van der Waals surface area (Å²) in [5, 5.41) is 57.1. The molecule has 7 nitrogen and oxygen atoms in total. The van der Waals surface area contributed by atoms with Gasteiger partial charge in [-0.2, -0.15) is 0 Å². The van der Waals surface area contributed by atoms with Gasteiger partial charge in [-0.15, -0.1) is 0 Å². The molecular weight excluding hydrogens is 256 g/mol. The number of rotatable bonds is 5. The fourth-order valence-corrected chi connectivity index (χ4v) is 2.35. The third kappa shape index (κ3) is 4.35. The van der Waals surface area contributed by atoms with Gasteiger partial charge in [0, 0.05) is 12.3 Å². The van der Waals surface area contributed by atoms with Crippen LogP contribution >= 0.6 is 0 Å². The molecule has 0 amide bonds. The zero-order chi connectivity index (χ0) is 14.7. The third-order valence-corrected chi connectivity index (χ3v) is 3.67. The van der Waals surface area contributed by atoms with Crippen molar-refractivity contribution >= 4 is 0 Å². The summed E-state index contributed by atoms with van der Waals surface area (Å²) < 4.78 is 5.07. The Morgan fingerprint density at radius 2 is 1.74 bits per heavy atom. The van der Waals surface area contributed by atoms with Crippen molar-refractivity contribution in [3.8, 4) is 0 Å². The van der Waals surface area contributed by atoms with Crippen molar-refractivity contribution in [2.24, 2.45) is 5.92 Å². The van der Waals surface area contributed by atoms with E-state index in [0.717, 1.165) is 0 Å². The van der Waals surface area contributed by atoms with Crippen molar-refractivity contribution in [2.45, 2.75) is 69.6 Å². The van der Waals surface area contributed by atoms with Crippen LogP contribution < -0.4 is 0 Å². The van der Waals surface area contributed by atoms with Gasteiger partial charge in [-0.3, -0.25) is 0 Å². The lowest BCUT2D eigenvalue weighted by Crippen LogP contribution is -2.48. The van der Waals surface area contributed by atoms with Crippen molar-refractivity contribution in [3.63, 3.8) is 0 Å². The Morgan fingerprint density at radius 3 is 2.26 bits per heavy atom. The van der Waals surface area contributed by atoms with E-state index in [0.29, 0.717) is 0 Å². The molecule has 1 fully saturated rings. The first kappa shape index (κ1) is 16.8. The SMILES string of the molecule is C[C@H](O)[C@@H](O)[C@H](O)C[C@H](O)[C@H]1C[C@@H](O)[C@H](O)O[C@@H]1C. The van der Waals surface area contributed by atoms with E-state index in [4.69, 9.17) is 9.84 Å². The van der Waals surface area contributed by atoms with E-state index in [-0.39, 0.29) is 12.8 Å². The molecule has 0 spiro atoms. The molecule has 0 aromatic carbocycles. The summed E-state index contributed by atoms with van der Waals surface area (Å²) in [6, 6.07) is 0. The average molecular weight is 280 g/mol. The molecule has 0 aromatic heterocycles. The van der Waals surface area contributed by atoms with Crippen LogP contribution in [-0.4, -0.2) is 73.6 Å². The molecule has 0 radical (unpaired) electrons. The highest BCUT2D eigenvalue weighted by Crippen LogP contribution is 2.29. The molecule has 1 heterocycles. The summed E-state index contributed by atoms with van der Waals surface area (Å²) in [6.07, 6.45) is -7.58. The zero-order valence-corrected chi connectivity index (χ0v) is 11.1. The van der Waals surface area contributed by atoms with E-state index in [1.165, 1.54) is 6.92 Å². The van der Waals surface area contributed by atoms with Crippen molar-refractivity contribution < 1.29 is 35.4 Å². The maximum absolute atomic E-state index is 10.0. The quantitative estimate of drug-likeness (QED) is 0.341. The first-order chi connectivity index (χ1) is 8.73. The predicted octanol–water partition coefficient (Wildman–Crippen LogP) is -2.06. The summed E-state index contributed by atoms with van der Waals surface area (Å²) in [5.41, 5.74) is 0. The molecule has 0 bridgehead atoms. The fourth-order valence-electron chi connectivity index (χ4n) is 2.35. The maximum Gasteiger partial charge on any atom is 0.181 e. The fraction of sp³-hybridized carbons (Fsp3) is 1.00. The standard InChI is InChI=1S/C12H24O7/c1-5(13)11(17)9(15)4-8(14)7-3-10(16)12(18)19-6(7)2/h5-18H,3-4H2,1-2H3/t5-,6+,7-,8-,9+,10+,11+,12+/m0/s1. The molecule has 1 aliphatic heterocycles. The van der Waals surface area contributed by atoms with Gasteiger partial charge in [-0.05, 0) is 20.3 Å². The monoisotopic (exact) mass is 280 g/mol. The third-order valence-electron chi connectivity index (χ3n) is 3.67. The number of aliphatic hydroxyl groups excluding tert-OH is 6. The van der Waals surface area contributed by atoms with Gasteiger partial charge in [0.1, 0.15) is 12.2 Å². The Bertz CT molecular complexity index is 273. The molecular formula is C12H24O7. The van der Waals surface area contributed by atoms with Gasteiger partial charge >= 0.3 is 0 Å². The zero-order valence-electron chi connectivity index (χ0n) is 11.1. The van der Waals surface area contributed by atoms with Crippen LogP contribution in [0.3, 0.4) is 0 Å². The number of hydrogen-bond acceptors (Lipinski definition) is 7. The highest BCUT2D eigenvalue weighted by Gasteiger charge is 2.39. The first-order valence-corrected chi connectivity index (χ1v) is 6.47. The lowest BCUT2D eigenvalue weighted by Gasteiger charge is -2.38. The highest BCUT2D eigenvalue weighted by molar-refractivity contribution is 4.86. The first-order valence-electron chi connectivity index (χ1n) is 6.47.